The van der Waals surface area contributed by atoms with Gasteiger partial charge >= 0.3 is 0 Å². The standard InChI is InChI=1S/C13H19N3O3/c1-8-11(13(18)16-9(2)15-8)6-12(17)14-7-10-4-3-5-19-10/h10H,3-7H2,1-2H3,(H,14,17)(H,15,16,18)/t10-/m0/s1. The fourth-order valence-corrected chi connectivity index (χ4v) is 2.22. The van der Waals surface area contributed by atoms with Gasteiger partial charge in [0, 0.05) is 24.4 Å². The van der Waals surface area contributed by atoms with E-state index < -0.39 is 0 Å². The van der Waals surface area contributed by atoms with Gasteiger partial charge < -0.3 is 15.0 Å². The Morgan fingerprint density at radius 2 is 2.32 bits per heavy atom. The molecule has 0 radical (unpaired) electrons. The molecule has 2 rings (SSSR count). The van der Waals surface area contributed by atoms with Gasteiger partial charge in [-0.15, -0.1) is 0 Å². The summed E-state index contributed by atoms with van der Waals surface area (Å²) in [6.07, 6.45) is 2.19. The second-order valence-corrected chi connectivity index (χ2v) is 4.83. The van der Waals surface area contributed by atoms with Crippen molar-refractivity contribution in [2.24, 2.45) is 0 Å². The fraction of sp³-hybridized carbons (Fsp3) is 0.615. The maximum atomic E-state index is 11.8. The Kier molecular flexibility index (Phi) is 4.31. The van der Waals surface area contributed by atoms with E-state index in [-0.39, 0.29) is 24.0 Å². The summed E-state index contributed by atoms with van der Waals surface area (Å²) in [5.74, 6) is 0.390. The number of hydrogen-bond acceptors (Lipinski definition) is 4. The van der Waals surface area contributed by atoms with E-state index >= 15 is 0 Å². The summed E-state index contributed by atoms with van der Waals surface area (Å²) in [6.45, 7) is 4.73. The van der Waals surface area contributed by atoms with Gasteiger partial charge in [-0.25, -0.2) is 4.98 Å². The predicted molar refractivity (Wildman–Crippen MR) is 70.0 cm³/mol. The Morgan fingerprint density at radius 1 is 1.53 bits per heavy atom. The first-order chi connectivity index (χ1) is 9.06. The summed E-state index contributed by atoms with van der Waals surface area (Å²) in [5, 5.41) is 2.80. The van der Waals surface area contributed by atoms with E-state index in [4.69, 9.17) is 4.74 Å². The third-order valence-corrected chi connectivity index (χ3v) is 3.23. The van der Waals surface area contributed by atoms with Gasteiger partial charge in [0.05, 0.1) is 12.5 Å². The molecule has 6 heteroatoms. The molecule has 1 saturated heterocycles. The van der Waals surface area contributed by atoms with Crippen LogP contribution in [0.2, 0.25) is 0 Å². The summed E-state index contributed by atoms with van der Waals surface area (Å²) in [6, 6.07) is 0. The molecule has 6 nitrogen and oxygen atoms in total. The van der Waals surface area contributed by atoms with Crippen molar-refractivity contribution in [3.63, 3.8) is 0 Å². The van der Waals surface area contributed by atoms with E-state index in [0.29, 0.717) is 23.6 Å². The van der Waals surface area contributed by atoms with Crippen molar-refractivity contribution in [3.05, 3.63) is 27.4 Å². The number of carbonyl (C=O) groups is 1. The Hall–Kier alpha value is -1.69. The van der Waals surface area contributed by atoms with Crippen LogP contribution in [0.25, 0.3) is 0 Å². The molecule has 1 aromatic rings. The van der Waals surface area contributed by atoms with Crippen LogP contribution in [-0.4, -0.2) is 35.1 Å². The second-order valence-electron chi connectivity index (χ2n) is 4.83. The van der Waals surface area contributed by atoms with E-state index in [2.05, 4.69) is 15.3 Å². The van der Waals surface area contributed by atoms with Crippen LogP contribution in [0.4, 0.5) is 0 Å². The lowest BCUT2D eigenvalue weighted by Gasteiger charge is -2.11. The number of amides is 1. The Balaban J connectivity index is 1.93. The first-order valence-corrected chi connectivity index (χ1v) is 6.51. The molecule has 1 fully saturated rings. The number of hydrogen-bond donors (Lipinski definition) is 2. The molecule has 2 N–H and O–H groups in total. The summed E-state index contributed by atoms with van der Waals surface area (Å²) in [5.41, 5.74) is 0.793. The van der Waals surface area contributed by atoms with E-state index in [0.717, 1.165) is 19.4 Å². The SMILES string of the molecule is Cc1nc(C)c(CC(=O)NC[C@@H]2CCCO2)c(=O)[nH]1. The molecular formula is C13H19N3O3. The molecule has 1 amide bonds. The molecule has 0 spiro atoms. The lowest BCUT2D eigenvalue weighted by molar-refractivity contribution is -0.121. The first-order valence-electron chi connectivity index (χ1n) is 6.51. The summed E-state index contributed by atoms with van der Waals surface area (Å²) in [4.78, 5) is 30.3. The van der Waals surface area contributed by atoms with Crippen LogP contribution in [0, 0.1) is 13.8 Å². The number of carbonyl (C=O) groups excluding carboxylic acids is 1. The quantitative estimate of drug-likeness (QED) is 0.816. The third-order valence-electron chi connectivity index (χ3n) is 3.23. The average Bonchev–Trinajstić information content (AvgIpc) is 2.84. The molecule has 0 aliphatic carbocycles. The summed E-state index contributed by atoms with van der Waals surface area (Å²) >= 11 is 0. The number of nitrogens with one attached hydrogen (secondary N) is 2. The van der Waals surface area contributed by atoms with Gasteiger partial charge in [0.15, 0.2) is 0 Å². The van der Waals surface area contributed by atoms with Gasteiger partial charge in [-0.05, 0) is 26.7 Å². The van der Waals surface area contributed by atoms with Crippen molar-refractivity contribution in [3.8, 4) is 0 Å². The molecular weight excluding hydrogens is 246 g/mol. The molecule has 0 bridgehead atoms. The van der Waals surface area contributed by atoms with Crippen LogP contribution >= 0.6 is 0 Å². The molecule has 1 atom stereocenters. The topological polar surface area (TPSA) is 84.1 Å². The average molecular weight is 265 g/mol. The lowest BCUT2D eigenvalue weighted by Crippen LogP contribution is -2.34. The normalized spacial score (nSPS) is 18.5. The molecule has 1 aliphatic rings. The van der Waals surface area contributed by atoms with Gasteiger partial charge in [0.25, 0.3) is 5.56 Å². The molecule has 19 heavy (non-hydrogen) atoms. The van der Waals surface area contributed by atoms with Crippen molar-refractivity contribution in [2.45, 2.75) is 39.2 Å². The lowest BCUT2D eigenvalue weighted by atomic mass is 10.1. The number of aromatic amines is 1. The zero-order chi connectivity index (χ0) is 13.8. The Labute approximate surface area is 111 Å². The number of H-pyrrole nitrogens is 1. The monoisotopic (exact) mass is 265 g/mol. The molecule has 0 saturated carbocycles. The Morgan fingerprint density at radius 3 is 2.95 bits per heavy atom. The highest BCUT2D eigenvalue weighted by molar-refractivity contribution is 5.78. The molecule has 104 valence electrons. The van der Waals surface area contributed by atoms with Crippen LogP contribution in [0.15, 0.2) is 4.79 Å². The Bertz CT molecular complexity index is 518. The summed E-state index contributed by atoms with van der Waals surface area (Å²) < 4.78 is 5.42. The smallest absolute Gasteiger partial charge is 0.254 e. The van der Waals surface area contributed by atoms with E-state index in [1.54, 1.807) is 13.8 Å². The van der Waals surface area contributed by atoms with Crippen LogP contribution in [0.5, 0.6) is 0 Å². The van der Waals surface area contributed by atoms with E-state index in [1.165, 1.54) is 0 Å². The van der Waals surface area contributed by atoms with E-state index in [9.17, 15) is 9.59 Å². The zero-order valence-corrected chi connectivity index (χ0v) is 11.3. The van der Waals surface area contributed by atoms with Crippen LogP contribution < -0.4 is 10.9 Å². The second kappa shape index (κ2) is 5.97. The number of ether oxygens (including phenoxy) is 1. The highest BCUT2D eigenvalue weighted by Gasteiger charge is 2.17. The summed E-state index contributed by atoms with van der Waals surface area (Å²) in [7, 11) is 0. The van der Waals surface area contributed by atoms with Crippen molar-refractivity contribution in [2.75, 3.05) is 13.2 Å². The van der Waals surface area contributed by atoms with E-state index in [1.807, 2.05) is 0 Å². The van der Waals surface area contributed by atoms with Crippen molar-refractivity contribution in [1.29, 1.82) is 0 Å². The van der Waals surface area contributed by atoms with Crippen molar-refractivity contribution < 1.29 is 9.53 Å². The number of aromatic nitrogens is 2. The maximum Gasteiger partial charge on any atom is 0.254 e. The number of rotatable bonds is 4. The van der Waals surface area contributed by atoms with Crippen LogP contribution in [0.3, 0.4) is 0 Å². The first kappa shape index (κ1) is 13.7. The molecule has 1 aliphatic heterocycles. The predicted octanol–water partition coefficient (Wildman–Crippen LogP) is 0.224. The molecule has 0 aromatic carbocycles. The van der Waals surface area contributed by atoms with Crippen molar-refractivity contribution >= 4 is 5.91 Å². The minimum atomic E-state index is -0.239. The largest absolute Gasteiger partial charge is 0.376 e. The zero-order valence-electron chi connectivity index (χ0n) is 11.3. The van der Waals surface area contributed by atoms with Gasteiger partial charge in [0.1, 0.15) is 5.82 Å². The number of aryl methyl sites for hydroxylation is 2. The van der Waals surface area contributed by atoms with Gasteiger partial charge in [-0.3, -0.25) is 9.59 Å². The molecule has 0 unspecified atom stereocenters. The fourth-order valence-electron chi connectivity index (χ4n) is 2.22. The number of nitrogens with zero attached hydrogens (tertiary/aromatic N) is 1. The van der Waals surface area contributed by atoms with Gasteiger partial charge in [-0.2, -0.15) is 0 Å². The molecule has 2 heterocycles. The van der Waals surface area contributed by atoms with Gasteiger partial charge in [0.2, 0.25) is 5.91 Å². The third kappa shape index (κ3) is 3.64. The van der Waals surface area contributed by atoms with Crippen LogP contribution in [0.1, 0.15) is 29.9 Å². The van der Waals surface area contributed by atoms with Crippen molar-refractivity contribution in [1.82, 2.24) is 15.3 Å². The highest BCUT2D eigenvalue weighted by atomic mass is 16.5. The van der Waals surface area contributed by atoms with Crippen LogP contribution in [-0.2, 0) is 16.0 Å². The minimum absolute atomic E-state index is 0.0567. The minimum Gasteiger partial charge on any atom is -0.376 e. The van der Waals surface area contributed by atoms with Gasteiger partial charge in [-0.1, -0.05) is 0 Å². The highest BCUT2D eigenvalue weighted by Crippen LogP contribution is 2.10. The maximum absolute atomic E-state index is 11.8. The molecule has 1 aromatic heterocycles.